The second-order valence-corrected chi connectivity index (χ2v) is 6.25. The Kier molecular flexibility index (Phi) is 6.51. The Balaban J connectivity index is 4.00. The number of aliphatic hydroxyl groups is 1. The fourth-order valence-corrected chi connectivity index (χ4v) is 2.57. The summed E-state index contributed by atoms with van der Waals surface area (Å²) in [6.07, 6.45) is 4.26. The summed E-state index contributed by atoms with van der Waals surface area (Å²) >= 11 is 0. The van der Waals surface area contributed by atoms with Crippen LogP contribution in [0, 0.1) is 17.3 Å². The number of aliphatic hydroxyl groups excluding tert-OH is 1. The molecule has 0 spiro atoms. The van der Waals surface area contributed by atoms with Gasteiger partial charge in [-0.3, -0.25) is 0 Å². The maximum Gasteiger partial charge on any atom is 0.0570 e. The molecule has 15 heavy (non-hydrogen) atoms. The van der Waals surface area contributed by atoms with E-state index >= 15 is 0 Å². The number of hydrogen-bond acceptors (Lipinski definition) is 1. The first-order valence-electron chi connectivity index (χ1n) is 6.48. The Morgan fingerprint density at radius 1 is 1.07 bits per heavy atom. The number of rotatable bonds is 6. The average molecular weight is 214 g/mol. The van der Waals surface area contributed by atoms with Crippen LogP contribution in [0.15, 0.2) is 0 Å². The lowest BCUT2D eigenvalue weighted by Crippen LogP contribution is -2.23. The lowest BCUT2D eigenvalue weighted by atomic mass is 9.81. The predicted molar refractivity (Wildman–Crippen MR) is 67.9 cm³/mol. The van der Waals surface area contributed by atoms with Crippen molar-refractivity contribution in [3.05, 3.63) is 0 Å². The van der Waals surface area contributed by atoms with Crippen LogP contribution in [0.4, 0.5) is 0 Å². The van der Waals surface area contributed by atoms with Gasteiger partial charge in [-0.25, -0.2) is 0 Å². The molecule has 0 aliphatic heterocycles. The molecule has 0 aromatic carbocycles. The van der Waals surface area contributed by atoms with E-state index in [-0.39, 0.29) is 6.10 Å². The molecule has 1 nitrogen and oxygen atoms in total. The molecule has 0 aliphatic rings. The van der Waals surface area contributed by atoms with E-state index < -0.39 is 0 Å². The molecule has 1 N–H and O–H groups in total. The van der Waals surface area contributed by atoms with Gasteiger partial charge in [0.2, 0.25) is 0 Å². The number of hydrogen-bond donors (Lipinski definition) is 1. The van der Waals surface area contributed by atoms with Crippen LogP contribution in [0.25, 0.3) is 0 Å². The molecule has 0 aromatic heterocycles. The van der Waals surface area contributed by atoms with Crippen molar-refractivity contribution in [1.29, 1.82) is 0 Å². The van der Waals surface area contributed by atoms with Gasteiger partial charge in [0.25, 0.3) is 0 Å². The molecule has 0 bridgehead atoms. The van der Waals surface area contributed by atoms with Crippen LogP contribution in [0.3, 0.4) is 0 Å². The zero-order valence-corrected chi connectivity index (χ0v) is 11.5. The zero-order valence-electron chi connectivity index (χ0n) is 11.5. The van der Waals surface area contributed by atoms with Crippen molar-refractivity contribution in [3.8, 4) is 0 Å². The van der Waals surface area contributed by atoms with E-state index in [2.05, 4.69) is 41.5 Å². The second-order valence-electron chi connectivity index (χ2n) is 6.25. The first-order chi connectivity index (χ1) is 6.80. The van der Waals surface area contributed by atoms with Crippen molar-refractivity contribution >= 4 is 0 Å². The Labute approximate surface area is 96.3 Å². The highest BCUT2D eigenvalue weighted by Gasteiger charge is 2.21. The quantitative estimate of drug-likeness (QED) is 0.701. The largest absolute Gasteiger partial charge is 0.393 e. The van der Waals surface area contributed by atoms with Crippen LogP contribution in [0.2, 0.25) is 0 Å². The highest BCUT2D eigenvalue weighted by atomic mass is 16.3. The summed E-state index contributed by atoms with van der Waals surface area (Å²) in [6.45, 7) is 13.4. The van der Waals surface area contributed by atoms with Crippen LogP contribution in [-0.2, 0) is 0 Å². The van der Waals surface area contributed by atoms with Gasteiger partial charge < -0.3 is 5.11 Å². The third-order valence-corrected chi connectivity index (χ3v) is 3.20. The molecule has 0 saturated carbocycles. The van der Waals surface area contributed by atoms with Crippen LogP contribution in [0.1, 0.15) is 67.2 Å². The van der Waals surface area contributed by atoms with Gasteiger partial charge in [-0.05, 0) is 30.1 Å². The van der Waals surface area contributed by atoms with Crippen molar-refractivity contribution in [3.63, 3.8) is 0 Å². The van der Waals surface area contributed by atoms with Gasteiger partial charge in [-0.15, -0.1) is 0 Å². The van der Waals surface area contributed by atoms with Gasteiger partial charge in [0.05, 0.1) is 6.10 Å². The van der Waals surface area contributed by atoms with Crippen molar-refractivity contribution in [1.82, 2.24) is 0 Å². The monoisotopic (exact) mass is 214 g/mol. The van der Waals surface area contributed by atoms with E-state index in [9.17, 15) is 5.11 Å². The summed E-state index contributed by atoms with van der Waals surface area (Å²) in [7, 11) is 0. The fourth-order valence-electron chi connectivity index (χ4n) is 2.57. The van der Waals surface area contributed by atoms with E-state index in [1.807, 2.05) is 0 Å². The Bertz CT molecular complexity index is 153. The van der Waals surface area contributed by atoms with Crippen molar-refractivity contribution < 1.29 is 5.11 Å². The molecule has 92 valence electrons. The van der Waals surface area contributed by atoms with Crippen LogP contribution in [0.5, 0.6) is 0 Å². The van der Waals surface area contributed by atoms with E-state index in [0.717, 1.165) is 19.3 Å². The third-order valence-electron chi connectivity index (χ3n) is 3.20. The minimum atomic E-state index is -0.0997. The minimum Gasteiger partial charge on any atom is -0.393 e. The maximum absolute atomic E-state index is 10.1. The highest BCUT2D eigenvalue weighted by Crippen LogP contribution is 2.28. The molecule has 2 atom stereocenters. The van der Waals surface area contributed by atoms with Crippen LogP contribution in [-0.4, -0.2) is 11.2 Å². The molecule has 0 aliphatic carbocycles. The third kappa shape index (κ3) is 6.94. The molecule has 0 radical (unpaired) electrons. The van der Waals surface area contributed by atoms with E-state index in [4.69, 9.17) is 0 Å². The lowest BCUT2D eigenvalue weighted by Gasteiger charge is -2.27. The van der Waals surface area contributed by atoms with Gasteiger partial charge in [-0.2, -0.15) is 0 Å². The lowest BCUT2D eigenvalue weighted by molar-refractivity contribution is 0.0727. The van der Waals surface area contributed by atoms with Crippen LogP contribution >= 0.6 is 0 Å². The average Bonchev–Trinajstić information content (AvgIpc) is 2.02. The molecule has 2 unspecified atom stereocenters. The first kappa shape index (κ1) is 15.0. The summed E-state index contributed by atoms with van der Waals surface area (Å²) in [5.74, 6) is 1.12. The summed E-state index contributed by atoms with van der Waals surface area (Å²) in [4.78, 5) is 0. The Morgan fingerprint density at radius 2 is 1.53 bits per heavy atom. The van der Waals surface area contributed by atoms with Gasteiger partial charge in [0, 0.05) is 0 Å². The summed E-state index contributed by atoms with van der Waals surface area (Å²) in [5, 5.41) is 10.1. The topological polar surface area (TPSA) is 20.2 Å². The van der Waals surface area contributed by atoms with Crippen molar-refractivity contribution in [2.45, 2.75) is 73.3 Å². The zero-order chi connectivity index (χ0) is 12.1. The molecule has 0 rings (SSSR count). The standard InChI is InChI=1S/C14H30O/c1-7-12(8-2)13(15)9-11(3)10-14(4,5)6/h11-13,15H,7-10H2,1-6H3. The van der Waals surface area contributed by atoms with Gasteiger partial charge in [-0.1, -0.05) is 54.4 Å². The molecule has 0 saturated heterocycles. The normalized spacial score (nSPS) is 16.8. The summed E-state index contributed by atoms with van der Waals surface area (Å²) in [5.41, 5.74) is 0.382. The predicted octanol–water partition coefficient (Wildman–Crippen LogP) is 4.25. The molecular weight excluding hydrogens is 184 g/mol. The van der Waals surface area contributed by atoms with E-state index in [1.165, 1.54) is 6.42 Å². The van der Waals surface area contributed by atoms with Crippen LogP contribution < -0.4 is 0 Å². The van der Waals surface area contributed by atoms with Gasteiger partial charge in [0.1, 0.15) is 0 Å². The second kappa shape index (κ2) is 6.52. The molecule has 0 fully saturated rings. The van der Waals surface area contributed by atoms with Gasteiger partial charge >= 0.3 is 0 Å². The maximum atomic E-state index is 10.1. The molecule has 0 amide bonds. The smallest absolute Gasteiger partial charge is 0.0570 e. The molecule has 0 aromatic rings. The minimum absolute atomic E-state index is 0.0997. The van der Waals surface area contributed by atoms with E-state index in [1.54, 1.807) is 0 Å². The Morgan fingerprint density at radius 3 is 1.87 bits per heavy atom. The van der Waals surface area contributed by atoms with Crippen molar-refractivity contribution in [2.24, 2.45) is 17.3 Å². The Hall–Kier alpha value is -0.0400. The summed E-state index contributed by atoms with van der Waals surface area (Å²) < 4.78 is 0. The first-order valence-corrected chi connectivity index (χ1v) is 6.48. The molecular formula is C14H30O. The molecule has 0 heterocycles. The SMILES string of the molecule is CCC(CC)C(O)CC(C)CC(C)(C)C. The fraction of sp³-hybridized carbons (Fsp3) is 1.00. The van der Waals surface area contributed by atoms with Crippen molar-refractivity contribution in [2.75, 3.05) is 0 Å². The summed E-state index contributed by atoms with van der Waals surface area (Å²) in [6, 6.07) is 0. The highest BCUT2D eigenvalue weighted by molar-refractivity contribution is 4.73. The van der Waals surface area contributed by atoms with Gasteiger partial charge in [0.15, 0.2) is 0 Å². The molecule has 1 heteroatoms. The van der Waals surface area contributed by atoms with E-state index in [0.29, 0.717) is 17.3 Å².